The highest BCUT2D eigenvalue weighted by Gasteiger charge is 2.16. The van der Waals surface area contributed by atoms with Gasteiger partial charge in [0, 0.05) is 29.0 Å². The van der Waals surface area contributed by atoms with Crippen LogP contribution in [-0.2, 0) is 0 Å². The molecule has 0 saturated heterocycles. The van der Waals surface area contributed by atoms with Crippen molar-refractivity contribution in [3.8, 4) is 5.75 Å². The van der Waals surface area contributed by atoms with E-state index in [1.807, 2.05) is 44.2 Å². The number of para-hydroxylation sites is 1. The number of ether oxygens (including phenoxy) is 1. The first kappa shape index (κ1) is 23.0. The van der Waals surface area contributed by atoms with Crippen molar-refractivity contribution in [2.75, 3.05) is 23.4 Å². The summed E-state index contributed by atoms with van der Waals surface area (Å²) in [7, 11) is 0. The van der Waals surface area contributed by atoms with Crippen LogP contribution in [0.1, 0.15) is 34.6 Å². The minimum atomic E-state index is -0.334. The molecule has 3 rings (SSSR count). The fraction of sp³-hybridized carbons (Fsp3) is 0.160. The van der Waals surface area contributed by atoms with Crippen LogP contribution in [-0.4, -0.2) is 30.1 Å². The third-order valence-corrected chi connectivity index (χ3v) is 4.86. The fourth-order valence-electron chi connectivity index (χ4n) is 3.14. The van der Waals surface area contributed by atoms with Crippen molar-refractivity contribution in [3.05, 3.63) is 90.0 Å². The molecule has 3 aromatic carbocycles. The average Bonchev–Trinajstić information content (AvgIpc) is 2.81. The lowest BCUT2D eigenvalue weighted by Gasteiger charge is -2.21. The Morgan fingerprint density at radius 1 is 0.906 bits per heavy atom. The van der Waals surface area contributed by atoms with Crippen molar-refractivity contribution < 1.29 is 14.3 Å². The van der Waals surface area contributed by atoms with Gasteiger partial charge < -0.3 is 15.0 Å². The van der Waals surface area contributed by atoms with Gasteiger partial charge in [-0.2, -0.15) is 0 Å². The molecule has 0 aliphatic rings. The summed E-state index contributed by atoms with van der Waals surface area (Å²) in [6.45, 7) is 4.92. The van der Waals surface area contributed by atoms with Gasteiger partial charge in [0.25, 0.3) is 11.8 Å². The molecule has 6 nitrogen and oxygen atoms in total. The Morgan fingerprint density at radius 3 is 2.28 bits per heavy atom. The molecule has 7 heteroatoms. The van der Waals surface area contributed by atoms with E-state index in [0.29, 0.717) is 35.7 Å². The van der Waals surface area contributed by atoms with Gasteiger partial charge in [-0.25, -0.2) is 0 Å². The van der Waals surface area contributed by atoms with Gasteiger partial charge in [-0.05, 0) is 80.7 Å². The van der Waals surface area contributed by atoms with E-state index in [4.69, 9.17) is 17.0 Å². The average molecular weight is 448 g/mol. The standard InChI is InChI=1S/C25H25N3O3S/c1-3-28(21-11-6-5-7-12-21)24(30)19-9-8-10-20(17-19)26-25(32)27-23(29)18-13-15-22(16-14-18)31-4-2/h5-17H,3-4H2,1-2H3,(H2,26,27,29,32). The number of nitrogens with one attached hydrogen (secondary N) is 2. The van der Waals surface area contributed by atoms with Crippen LogP contribution in [0.3, 0.4) is 0 Å². The Kier molecular flexibility index (Phi) is 7.94. The van der Waals surface area contributed by atoms with Gasteiger partial charge in [-0.15, -0.1) is 0 Å². The van der Waals surface area contributed by atoms with Gasteiger partial charge >= 0.3 is 0 Å². The number of carbonyl (C=O) groups excluding carboxylic acids is 2. The molecule has 3 aromatic rings. The highest BCUT2D eigenvalue weighted by Crippen LogP contribution is 2.19. The number of hydrogen-bond donors (Lipinski definition) is 2. The highest BCUT2D eigenvalue weighted by atomic mass is 32.1. The van der Waals surface area contributed by atoms with E-state index in [9.17, 15) is 9.59 Å². The van der Waals surface area contributed by atoms with Crippen LogP contribution in [0.15, 0.2) is 78.9 Å². The Morgan fingerprint density at radius 2 is 1.62 bits per heavy atom. The van der Waals surface area contributed by atoms with Crippen LogP contribution in [0.25, 0.3) is 0 Å². The molecule has 2 amide bonds. The maximum atomic E-state index is 13.0. The lowest BCUT2D eigenvalue weighted by molar-refractivity contribution is 0.0973. The molecule has 0 aliphatic carbocycles. The largest absolute Gasteiger partial charge is 0.494 e. The fourth-order valence-corrected chi connectivity index (χ4v) is 3.35. The van der Waals surface area contributed by atoms with Crippen LogP contribution in [0.2, 0.25) is 0 Å². The number of thiocarbonyl (C=S) groups is 1. The van der Waals surface area contributed by atoms with E-state index in [-0.39, 0.29) is 16.9 Å². The molecular formula is C25H25N3O3S. The summed E-state index contributed by atoms with van der Waals surface area (Å²) in [5.74, 6) is 0.244. The van der Waals surface area contributed by atoms with E-state index >= 15 is 0 Å². The summed E-state index contributed by atoms with van der Waals surface area (Å²) in [5, 5.41) is 5.76. The minimum absolute atomic E-state index is 0.119. The number of anilines is 2. The number of benzene rings is 3. The number of amides is 2. The summed E-state index contributed by atoms with van der Waals surface area (Å²) in [5.41, 5.74) is 2.41. The molecule has 0 aliphatic heterocycles. The number of carbonyl (C=O) groups is 2. The molecule has 0 heterocycles. The van der Waals surface area contributed by atoms with Crippen LogP contribution in [0.4, 0.5) is 11.4 Å². The van der Waals surface area contributed by atoms with E-state index in [0.717, 1.165) is 5.69 Å². The van der Waals surface area contributed by atoms with Crippen LogP contribution in [0, 0.1) is 0 Å². The quantitative estimate of drug-likeness (QED) is 0.505. The molecule has 0 bridgehead atoms. The molecule has 0 saturated carbocycles. The lowest BCUT2D eigenvalue weighted by atomic mass is 10.1. The second kappa shape index (κ2) is 11.1. The second-order valence-corrected chi connectivity index (χ2v) is 7.24. The summed E-state index contributed by atoms with van der Waals surface area (Å²) < 4.78 is 5.38. The Balaban J connectivity index is 1.65. The number of rotatable bonds is 7. The molecule has 0 atom stereocenters. The smallest absolute Gasteiger partial charge is 0.258 e. The van der Waals surface area contributed by atoms with Gasteiger partial charge in [0.1, 0.15) is 5.75 Å². The molecule has 0 aromatic heterocycles. The predicted octanol–water partition coefficient (Wildman–Crippen LogP) is 4.88. The molecule has 2 N–H and O–H groups in total. The summed E-state index contributed by atoms with van der Waals surface area (Å²) >= 11 is 5.28. The highest BCUT2D eigenvalue weighted by molar-refractivity contribution is 7.80. The summed E-state index contributed by atoms with van der Waals surface area (Å²) in [6.07, 6.45) is 0. The molecule has 0 unspecified atom stereocenters. The first-order valence-electron chi connectivity index (χ1n) is 10.3. The Hall–Kier alpha value is -3.71. The van der Waals surface area contributed by atoms with Gasteiger partial charge in [-0.3, -0.25) is 14.9 Å². The molecule has 32 heavy (non-hydrogen) atoms. The number of hydrogen-bond acceptors (Lipinski definition) is 4. The second-order valence-electron chi connectivity index (χ2n) is 6.83. The van der Waals surface area contributed by atoms with E-state index in [1.165, 1.54) is 0 Å². The summed E-state index contributed by atoms with van der Waals surface area (Å²) in [6, 6.07) is 23.3. The van der Waals surface area contributed by atoms with Crippen molar-refractivity contribution in [1.29, 1.82) is 0 Å². The minimum Gasteiger partial charge on any atom is -0.494 e. The van der Waals surface area contributed by atoms with Crippen molar-refractivity contribution >= 4 is 40.5 Å². The van der Waals surface area contributed by atoms with Crippen molar-refractivity contribution in [3.63, 3.8) is 0 Å². The van der Waals surface area contributed by atoms with Crippen molar-refractivity contribution in [2.45, 2.75) is 13.8 Å². The zero-order chi connectivity index (χ0) is 22.9. The van der Waals surface area contributed by atoms with Crippen LogP contribution < -0.4 is 20.3 Å². The molecule has 0 radical (unpaired) electrons. The van der Waals surface area contributed by atoms with Crippen molar-refractivity contribution in [2.24, 2.45) is 0 Å². The van der Waals surface area contributed by atoms with Crippen molar-refractivity contribution in [1.82, 2.24) is 5.32 Å². The van der Waals surface area contributed by atoms with Gasteiger partial charge in [-0.1, -0.05) is 24.3 Å². The predicted molar refractivity (Wildman–Crippen MR) is 132 cm³/mol. The summed E-state index contributed by atoms with van der Waals surface area (Å²) in [4.78, 5) is 27.2. The monoisotopic (exact) mass is 447 g/mol. The van der Waals surface area contributed by atoms with Gasteiger partial charge in [0.2, 0.25) is 0 Å². The maximum Gasteiger partial charge on any atom is 0.258 e. The molecule has 0 spiro atoms. The van der Waals surface area contributed by atoms with E-state index in [1.54, 1.807) is 53.4 Å². The Labute approximate surface area is 193 Å². The van der Waals surface area contributed by atoms with Gasteiger partial charge in [0.15, 0.2) is 5.11 Å². The molecule has 164 valence electrons. The van der Waals surface area contributed by atoms with E-state index < -0.39 is 0 Å². The van der Waals surface area contributed by atoms with Gasteiger partial charge in [0.05, 0.1) is 6.61 Å². The normalized spacial score (nSPS) is 10.2. The zero-order valence-corrected chi connectivity index (χ0v) is 18.8. The third-order valence-electron chi connectivity index (χ3n) is 4.65. The third kappa shape index (κ3) is 5.92. The van der Waals surface area contributed by atoms with Crippen LogP contribution in [0.5, 0.6) is 5.75 Å². The molecular weight excluding hydrogens is 422 g/mol. The lowest BCUT2D eigenvalue weighted by Crippen LogP contribution is -2.34. The topological polar surface area (TPSA) is 70.7 Å². The Bertz CT molecular complexity index is 1090. The first-order valence-corrected chi connectivity index (χ1v) is 10.7. The maximum absolute atomic E-state index is 13.0. The molecule has 0 fully saturated rings. The SMILES string of the molecule is CCOc1ccc(C(=O)NC(=S)Nc2cccc(C(=O)N(CC)c3ccccc3)c2)cc1. The van der Waals surface area contributed by atoms with Crippen LogP contribution >= 0.6 is 12.2 Å². The first-order chi connectivity index (χ1) is 15.5. The zero-order valence-electron chi connectivity index (χ0n) is 18.0. The number of nitrogens with zero attached hydrogens (tertiary/aromatic N) is 1. The van der Waals surface area contributed by atoms with E-state index in [2.05, 4.69) is 10.6 Å².